The van der Waals surface area contributed by atoms with Crippen LogP contribution in [-0.4, -0.2) is 22.6 Å². The van der Waals surface area contributed by atoms with E-state index in [1.54, 1.807) is 6.07 Å². The second-order valence-electron chi connectivity index (χ2n) is 8.40. The Hall–Kier alpha value is -2.95. The molecule has 146 valence electrons. The monoisotopic (exact) mass is 377 g/mol. The smallest absolute Gasteiger partial charge is 0.259 e. The van der Waals surface area contributed by atoms with Crippen LogP contribution < -0.4 is 5.32 Å². The highest BCUT2D eigenvalue weighted by molar-refractivity contribution is 6.00. The van der Waals surface area contributed by atoms with Crippen LogP contribution >= 0.6 is 0 Å². The van der Waals surface area contributed by atoms with Crippen molar-refractivity contribution >= 4 is 5.91 Å². The highest BCUT2D eigenvalue weighted by Crippen LogP contribution is 2.27. The van der Waals surface area contributed by atoms with E-state index in [9.17, 15) is 4.79 Å². The van der Waals surface area contributed by atoms with Crippen molar-refractivity contribution < 1.29 is 9.32 Å². The Morgan fingerprint density at radius 1 is 1.07 bits per heavy atom. The summed E-state index contributed by atoms with van der Waals surface area (Å²) in [6.07, 6.45) is 0. The van der Waals surface area contributed by atoms with E-state index >= 15 is 0 Å². The molecule has 0 fully saturated rings. The number of carbonyl (C=O) groups is 1. The number of amides is 1. The van der Waals surface area contributed by atoms with Gasteiger partial charge in [0.1, 0.15) is 0 Å². The fraction of sp³-hybridized carbons (Fsp3) is 0.348. The Morgan fingerprint density at radius 2 is 1.75 bits per heavy atom. The van der Waals surface area contributed by atoms with Gasteiger partial charge in [-0.3, -0.25) is 4.79 Å². The SMILES string of the molecule is CC(C)CNC(=O)c1ccccc1-c1nc(-c2ccc(C(C)(C)C)cc2)no1. The quantitative estimate of drug-likeness (QED) is 0.673. The van der Waals surface area contributed by atoms with E-state index in [0.717, 1.165) is 5.56 Å². The van der Waals surface area contributed by atoms with E-state index in [4.69, 9.17) is 4.52 Å². The van der Waals surface area contributed by atoms with E-state index in [1.165, 1.54) is 5.56 Å². The van der Waals surface area contributed by atoms with E-state index in [0.29, 0.717) is 35.3 Å². The van der Waals surface area contributed by atoms with Crippen molar-refractivity contribution in [3.63, 3.8) is 0 Å². The molecule has 5 heteroatoms. The number of hydrogen-bond donors (Lipinski definition) is 1. The van der Waals surface area contributed by atoms with Gasteiger partial charge in [-0.05, 0) is 29.0 Å². The molecule has 0 radical (unpaired) electrons. The summed E-state index contributed by atoms with van der Waals surface area (Å²) in [7, 11) is 0. The molecule has 1 amide bonds. The number of nitrogens with zero attached hydrogens (tertiary/aromatic N) is 2. The summed E-state index contributed by atoms with van der Waals surface area (Å²) in [5.74, 6) is 1.08. The maximum absolute atomic E-state index is 12.6. The maximum Gasteiger partial charge on any atom is 0.259 e. The molecule has 1 N–H and O–H groups in total. The summed E-state index contributed by atoms with van der Waals surface area (Å²) in [6, 6.07) is 15.4. The zero-order valence-corrected chi connectivity index (χ0v) is 17.1. The Labute approximate surface area is 166 Å². The molecule has 3 rings (SSSR count). The van der Waals surface area contributed by atoms with Gasteiger partial charge in [0.05, 0.1) is 11.1 Å². The van der Waals surface area contributed by atoms with Gasteiger partial charge < -0.3 is 9.84 Å². The van der Waals surface area contributed by atoms with Gasteiger partial charge in [0.2, 0.25) is 5.82 Å². The normalized spacial score (nSPS) is 11.6. The minimum absolute atomic E-state index is 0.0865. The van der Waals surface area contributed by atoms with Crippen LogP contribution in [0.1, 0.15) is 50.5 Å². The van der Waals surface area contributed by atoms with Crippen LogP contribution in [0.2, 0.25) is 0 Å². The van der Waals surface area contributed by atoms with Gasteiger partial charge in [-0.2, -0.15) is 4.98 Å². The van der Waals surface area contributed by atoms with Crippen molar-refractivity contribution in [2.24, 2.45) is 5.92 Å². The van der Waals surface area contributed by atoms with Crippen molar-refractivity contribution in [3.8, 4) is 22.8 Å². The fourth-order valence-electron chi connectivity index (χ4n) is 2.83. The predicted octanol–water partition coefficient (Wildman–Crippen LogP) is 5.09. The molecule has 0 aliphatic heterocycles. The Bertz CT molecular complexity index is 950. The molecule has 5 nitrogen and oxygen atoms in total. The average molecular weight is 377 g/mol. The number of aromatic nitrogens is 2. The third-order valence-corrected chi connectivity index (χ3v) is 4.51. The minimum atomic E-state index is -0.140. The van der Waals surface area contributed by atoms with Gasteiger partial charge in [0.25, 0.3) is 11.8 Å². The first kappa shape index (κ1) is 19.8. The van der Waals surface area contributed by atoms with Crippen LogP contribution in [0.5, 0.6) is 0 Å². The molecule has 0 atom stereocenters. The first-order valence-corrected chi connectivity index (χ1v) is 9.58. The molecule has 2 aromatic carbocycles. The average Bonchev–Trinajstić information content (AvgIpc) is 3.15. The summed E-state index contributed by atoms with van der Waals surface area (Å²) in [4.78, 5) is 17.1. The number of carbonyl (C=O) groups excluding carboxylic acids is 1. The second-order valence-corrected chi connectivity index (χ2v) is 8.40. The molecule has 0 aliphatic carbocycles. The van der Waals surface area contributed by atoms with Gasteiger partial charge in [-0.1, -0.05) is 76.2 Å². The fourth-order valence-corrected chi connectivity index (χ4v) is 2.83. The second kappa shape index (κ2) is 7.97. The molecule has 3 aromatic rings. The first-order chi connectivity index (χ1) is 13.3. The number of rotatable bonds is 5. The van der Waals surface area contributed by atoms with Gasteiger partial charge in [-0.25, -0.2) is 0 Å². The van der Waals surface area contributed by atoms with Crippen LogP contribution in [0.3, 0.4) is 0 Å². The van der Waals surface area contributed by atoms with E-state index < -0.39 is 0 Å². The highest BCUT2D eigenvalue weighted by Gasteiger charge is 2.19. The number of hydrogen-bond acceptors (Lipinski definition) is 4. The first-order valence-electron chi connectivity index (χ1n) is 9.58. The van der Waals surface area contributed by atoms with Gasteiger partial charge in [-0.15, -0.1) is 0 Å². The van der Waals surface area contributed by atoms with Gasteiger partial charge in [0, 0.05) is 12.1 Å². The van der Waals surface area contributed by atoms with Crippen molar-refractivity contribution in [1.29, 1.82) is 0 Å². The molecule has 0 aliphatic rings. The molecule has 28 heavy (non-hydrogen) atoms. The summed E-state index contributed by atoms with van der Waals surface area (Å²) in [6.45, 7) is 11.3. The molecule has 0 spiro atoms. The van der Waals surface area contributed by atoms with Crippen molar-refractivity contribution in [1.82, 2.24) is 15.5 Å². The Balaban J connectivity index is 1.87. The topological polar surface area (TPSA) is 68.0 Å². The lowest BCUT2D eigenvalue weighted by atomic mass is 9.87. The van der Waals surface area contributed by atoms with Gasteiger partial charge in [0.15, 0.2) is 0 Å². The maximum atomic E-state index is 12.6. The number of nitrogens with one attached hydrogen (secondary N) is 1. The van der Waals surface area contributed by atoms with Gasteiger partial charge >= 0.3 is 0 Å². The third-order valence-electron chi connectivity index (χ3n) is 4.51. The molecule has 0 saturated carbocycles. The highest BCUT2D eigenvalue weighted by atomic mass is 16.5. The lowest BCUT2D eigenvalue weighted by Crippen LogP contribution is -2.27. The molecule has 0 saturated heterocycles. The summed E-state index contributed by atoms with van der Waals surface area (Å²) >= 11 is 0. The van der Waals surface area contributed by atoms with Crippen LogP contribution in [0.4, 0.5) is 0 Å². The summed E-state index contributed by atoms with van der Waals surface area (Å²) < 4.78 is 5.48. The molecular weight excluding hydrogens is 350 g/mol. The summed E-state index contributed by atoms with van der Waals surface area (Å²) in [5, 5.41) is 7.05. The van der Waals surface area contributed by atoms with Crippen LogP contribution in [0.15, 0.2) is 53.1 Å². The van der Waals surface area contributed by atoms with Crippen LogP contribution in [0.25, 0.3) is 22.8 Å². The Kier molecular flexibility index (Phi) is 5.63. The molecule has 1 heterocycles. The molecule has 0 bridgehead atoms. The molecule has 0 unspecified atom stereocenters. The predicted molar refractivity (Wildman–Crippen MR) is 111 cm³/mol. The van der Waals surface area contributed by atoms with Crippen LogP contribution in [-0.2, 0) is 5.41 Å². The van der Waals surface area contributed by atoms with Crippen molar-refractivity contribution in [2.45, 2.75) is 40.0 Å². The van der Waals surface area contributed by atoms with E-state index in [1.807, 2.05) is 30.3 Å². The Morgan fingerprint density at radius 3 is 2.39 bits per heavy atom. The zero-order chi connectivity index (χ0) is 20.3. The van der Waals surface area contributed by atoms with E-state index in [2.05, 4.69) is 62.2 Å². The largest absolute Gasteiger partial charge is 0.352 e. The molecular formula is C23H27N3O2. The third kappa shape index (κ3) is 4.47. The molecule has 1 aromatic heterocycles. The lowest BCUT2D eigenvalue weighted by Gasteiger charge is -2.18. The minimum Gasteiger partial charge on any atom is -0.352 e. The zero-order valence-electron chi connectivity index (χ0n) is 17.1. The van der Waals surface area contributed by atoms with Crippen molar-refractivity contribution in [2.75, 3.05) is 6.54 Å². The lowest BCUT2D eigenvalue weighted by molar-refractivity contribution is 0.0949. The standard InChI is InChI=1S/C23H27N3O2/c1-15(2)14-24-21(27)18-8-6-7-9-19(18)22-25-20(26-28-22)16-10-12-17(13-11-16)23(3,4)5/h6-13,15H,14H2,1-5H3,(H,24,27). The van der Waals surface area contributed by atoms with Crippen molar-refractivity contribution in [3.05, 3.63) is 59.7 Å². The van der Waals surface area contributed by atoms with Crippen LogP contribution in [0, 0.1) is 5.92 Å². The summed E-state index contributed by atoms with van der Waals surface area (Å²) in [5.41, 5.74) is 3.37. The number of benzene rings is 2. The van der Waals surface area contributed by atoms with E-state index in [-0.39, 0.29) is 11.3 Å².